The number of fused-ring (bicyclic) bond motifs is 2. The van der Waals surface area contributed by atoms with Gasteiger partial charge in [-0.15, -0.1) is 0 Å². The molecular weight excluding hydrogens is 186 g/mol. The fraction of sp³-hybridized carbons (Fsp3) is 0. The summed E-state index contributed by atoms with van der Waals surface area (Å²) in [5.41, 5.74) is 13.4. The van der Waals surface area contributed by atoms with Gasteiger partial charge in [0.2, 0.25) is 11.4 Å². The summed E-state index contributed by atoms with van der Waals surface area (Å²) in [4.78, 5) is 0. The van der Waals surface area contributed by atoms with Crippen molar-refractivity contribution < 1.29 is 0 Å². The van der Waals surface area contributed by atoms with Crippen LogP contribution in [0, 0.1) is 0 Å². The van der Waals surface area contributed by atoms with Gasteiger partial charge in [-0.1, -0.05) is 24.3 Å². The number of para-hydroxylation sites is 4. The Balaban J connectivity index is 2.24. The molecule has 0 fully saturated rings. The van der Waals surface area contributed by atoms with E-state index in [1.54, 1.807) is 0 Å². The molecule has 3 rings (SSSR count). The van der Waals surface area contributed by atoms with Crippen LogP contribution >= 0.6 is 0 Å². The Hall–Kier alpha value is -2.16. The monoisotopic (exact) mass is 195 g/mol. The maximum atomic E-state index is 10.0. The van der Waals surface area contributed by atoms with Gasteiger partial charge >= 0.3 is 0 Å². The van der Waals surface area contributed by atoms with E-state index in [0.29, 0.717) is 0 Å². The predicted octanol–water partition coefficient (Wildman–Crippen LogP) is 3.60. The van der Waals surface area contributed by atoms with E-state index < -0.39 is 0 Å². The average molecular weight is 195 g/mol. The number of hydrogen-bond acceptors (Lipinski definition) is 1. The van der Waals surface area contributed by atoms with Gasteiger partial charge in [-0.2, -0.15) is 0 Å². The highest BCUT2D eigenvalue weighted by Gasteiger charge is 2.21. The van der Waals surface area contributed by atoms with Crippen LogP contribution in [0.2, 0.25) is 0 Å². The van der Waals surface area contributed by atoms with Crippen molar-refractivity contribution in [2.45, 2.75) is 0 Å². The Labute approximate surface area is 87.5 Å². The zero-order chi connectivity index (χ0) is 10.3. The molecule has 0 spiro atoms. The minimum atomic E-state index is 0.774. The first-order chi connectivity index (χ1) is 7.36. The summed E-state index contributed by atoms with van der Waals surface area (Å²) < 4.78 is 1.21. The SMILES string of the molecule is [N-]=[N+]1c2ccccc2Nc2ccccc21. The molecule has 0 amide bonds. The standard InChI is InChI=1S/C12H9N3/c13-15-11-7-3-1-5-9(11)14-10-6-2-4-8-12(10)15/h1-8,14H. The van der Waals surface area contributed by atoms with Crippen LogP contribution in [-0.2, 0) is 0 Å². The van der Waals surface area contributed by atoms with E-state index in [9.17, 15) is 5.53 Å². The van der Waals surface area contributed by atoms with E-state index in [4.69, 9.17) is 0 Å². The molecule has 2 aromatic rings. The fourth-order valence-corrected chi connectivity index (χ4v) is 1.80. The van der Waals surface area contributed by atoms with Crippen LogP contribution < -0.4 is 10.0 Å². The molecule has 0 radical (unpaired) electrons. The molecule has 3 nitrogen and oxygen atoms in total. The minimum absolute atomic E-state index is 0.774. The molecule has 15 heavy (non-hydrogen) atoms. The molecule has 1 heterocycles. The second-order valence-electron chi connectivity index (χ2n) is 3.47. The first-order valence-electron chi connectivity index (χ1n) is 4.80. The Morgan fingerprint density at radius 1 is 0.800 bits per heavy atom. The minimum Gasteiger partial charge on any atom is -0.493 e. The summed E-state index contributed by atoms with van der Waals surface area (Å²) in [5, 5.41) is 3.27. The van der Waals surface area contributed by atoms with Crippen molar-refractivity contribution in [2.75, 3.05) is 5.32 Å². The number of rotatable bonds is 0. The second kappa shape index (κ2) is 2.92. The average Bonchev–Trinajstić information content (AvgIpc) is 2.30. The highest BCUT2D eigenvalue weighted by Crippen LogP contribution is 2.39. The molecule has 2 aromatic carbocycles. The number of hydrogen-bond donors (Lipinski definition) is 1. The molecule has 1 N–H and O–H groups in total. The summed E-state index contributed by atoms with van der Waals surface area (Å²) in [7, 11) is 0. The second-order valence-corrected chi connectivity index (χ2v) is 3.47. The van der Waals surface area contributed by atoms with Crippen molar-refractivity contribution in [2.24, 2.45) is 0 Å². The lowest BCUT2D eigenvalue weighted by molar-refractivity contribution is 1.04. The zero-order valence-corrected chi connectivity index (χ0v) is 8.01. The number of anilines is 2. The highest BCUT2D eigenvalue weighted by molar-refractivity contribution is 5.85. The summed E-state index contributed by atoms with van der Waals surface area (Å²) in [5.74, 6) is 0. The van der Waals surface area contributed by atoms with Crippen LogP contribution in [0.1, 0.15) is 0 Å². The van der Waals surface area contributed by atoms with Crippen molar-refractivity contribution in [3.8, 4) is 0 Å². The molecule has 0 saturated carbocycles. The highest BCUT2D eigenvalue weighted by atomic mass is 15.2. The third kappa shape index (κ3) is 1.13. The summed E-state index contributed by atoms with van der Waals surface area (Å²) >= 11 is 0. The number of benzene rings is 2. The van der Waals surface area contributed by atoms with E-state index in [1.807, 2.05) is 48.5 Å². The van der Waals surface area contributed by atoms with Gasteiger partial charge in [0.1, 0.15) is 11.4 Å². The molecule has 0 aliphatic carbocycles. The maximum absolute atomic E-state index is 10.0. The van der Waals surface area contributed by atoms with Crippen LogP contribution in [-0.4, -0.2) is 0 Å². The lowest BCUT2D eigenvalue weighted by Gasteiger charge is -2.19. The third-order valence-corrected chi connectivity index (χ3v) is 2.53. The predicted molar refractivity (Wildman–Crippen MR) is 61.0 cm³/mol. The van der Waals surface area contributed by atoms with Gasteiger partial charge in [0, 0.05) is 12.1 Å². The third-order valence-electron chi connectivity index (χ3n) is 2.53. The van der Waals surface area contributed by atoms with E-state index in [1.165, 1.54) is 4.70 Å². The Kier molecular flexibility index (Phi) is 1.59. The molecule has 0 aromatic heterocycles. The van der Waals surface area contributed by atoms with Gasteiger partial charge in [-0.3, -0.25) is 0 Å². The van der Waals surface area contributed by atoms with Crippen LogP contribution in [0.25, 0.3) is 5.53 Å². The summed E-state index contributed by atoms with van der Waals surface area (Å²) in [6.45, 7) is 0. The first-order valence-corrected chi connectivity index (χ1v) is 4.80. The normalized spacial score (nSPS) is 12.7. The molecule has 72 valence electrons. The first kappa shape index (κ1) is 8.17. The molecule has 0 unspecified atom stereocenters. The van der Waals surface area contributed by atoms with E-state index in [2.05, 4.69) is 5.32 Å². The van der Waals surface area contributed by atoms with Gasteiger partial charge in [-0.05, 0) is 12.1 Å². The van der Waals surface area contributed by atoms with Crippen molar-refractivity contribution >= 4 is 22.7 Å². The van der Waals surface area contributed by atoms with Gasteiger partial charge in [0.25, 0.3) is 0 Å². The fourth-order valence-electron chi connectivity index (χ4n) is 1.80. The Morgan fingerprint density at radius 3 is 1.80 bits per heavy atom. The Bertz CT molecular complexity index is 499. The Morgan fingerprint density at radius 2 is 1.27 bits per heavy atom. The van der Waals surface area contributed by atoms with E-state index >= 15 is 0 Å². The van der Waals surface area contributed by atoms with Crippen molar-refractivity contribution in [1.82, 2.24) is 4.70 Å². The van der Waals surface area contributed by atoms with Crippen LogP contribution in [0.4, 0.5) is 22.7 Å². The van der Waals surface area contributed by atoms with Gasteiger partial charge in [-0.25, -0.2) is 4.70 Å². The van der Waals surface area contributed by atoms with Crippen LogP contribution in [0.5, 0.6) is 0 Å². The lowest BCUT2D eigenvalue weighted by Crippen LogP contribution is -2.09. The van der Waals surface area contributed by atoms with Gasteiger partial charge in [0.05, 0.1) is 0 Å². The molecule has 0 atom stereocenters. The van der Waals surface area contributed by atoms with Crippen molar-refractivity contribution in [3.63, 3.8) is 0 Å². The quantitative estimate of drug-likeness (QED) is 0.547. The molecule has 0 saturated heterocycles. The van der Waals surface area contributed by atoms with Crippen molar-refractivity contribution in [3.05, 3.63) is 54.1 Å². The van der Waals surface area contributed by atoms with E-state index in [0.717, 1.165) is 22.7 Å². The van der Waals surface area contributed by atoms with Crippen LogP contribution in [0.15, 0.2) is 48.5 Å². The maximum Gasteiger partial charge on any atom is 0.223 e. The molecular formula is C12H9N3. The molecule has 1 aliphatic heterocycles. The smallest absolute Gasteiger partial charge is 0.223 e. The lowest BCUT2D eigenvalue weighted by atomic mass is 10.1. The molecule has 0 bridgehead atoms. The largest absolute Gasteiger partial charge is 0.493 e. The zero-order valence-electron chi connectivity index (χ0n) is 8.01. The topological polar surface area (TPSA) is 37.3 Å². The molecule has 3 heteroatoms. The number of nitrogens with zero attached hydrogens (tertiary/aromatic N) is 2. The van der Waals surface area contributed by atoms with Crippen molar-refractivity contribution in [1.29, 1.82) is 0 Å². The molecule has 1 aliphatic rings. The van der Waals surface area contributed by atoms with Gasteiger partial charge < -0.3 is 10.8 Å². The van der Waals surface area contributed by atoms with Crippen LogP contribution in [0.3, 0.4) is 0 Å². The summed E-state index contributed by atoms with van der Waals surface area (Å²) in [6.07, 6.45) is 0. The van der Waals surface area contributed by atoms with Gasteiger partial charge in [0.15, 0.2) is 0 Å². The summed E-state index contributed by atoms with van der Waals surface area (Å²) in [6, 6.07) is 15.3. The number of nitrogens with one attached hydrogen (secondary N) is 1. The van der Waals surface area contributed by atoms with E-state index in [-0.39, 0.29) is 0 Å².